The Balaban J connectivity index is 1.82. The molecule has 25 heavy (non-hydrogen) atoms. The Bertz CT molecular complexity index is 874. The van der Waals surface area contributed by atoms with E-state index in [9.17, 15) is 17.6 Å². The van der Waals surface area contributed by atoms with Crippen molar-refractivity contribution >= 4 is 39.2 Å². The van der Waals surface area contributed by atoms with Crippen LogP contribution in [0.5, 0.6) is 0 Å². The lowest BCUT2D eigenvalue weighted by molar-refractivity contribution is -0.144. The summed E-state index contributed by atoms with van der Waals surface area (Å²) < 4.78 is 44.3. The van der Waals surface area contributed by atoms with Crippen LogP contribution in [0.15, 0.2) is 47.4 Å². The summed E-state index contributed by atoms with van der Waals surface area (Å²) in [7, 11) is -3.76. The van der Waals surface area contributed by atoms with Crippen LogP contribution in [0, 0.1) is 5.82 Å². The van der Waals surface area contributed by atoms with Gasteiger partial charge in [0.2, 0.25) is 10.0 Å². The summed E-state index contributed by atoms with van der Waals surface area (Å²) in [6.07, 6.45) is -0.168. The second-order valence-corrected chi connectivity index (χ2v) is 7.61. The number of carbonyl (C=O) groups is 1. The average Bonchev–Trinajstić information content (AvgIpc) is 2.54. The van der Waals surface area contributed by atoms with Gasteiger partial charge in [-0.15, -0.1) is 0 Å². The van der Waals surface area contributed by atoms with Gasteiger partial charge in [-0.05, 0) is 30.3 Å². The van der Waals surface area contributed by atoms with Crippen molar-refractivity contribution in [2.45, 2.75) is 17.9 Å². The van der Waals surface area contributed by atoms with Crippen LogP contribution in [0.2, 0.25) is 10.0 Å². The summed E-state index contributed by atoms with van der Waals surface area (Å²) in [6.45, 7) is -0.260. The summed E-state index contributed by atoms with van der Waals surface area (Å²) in [5, 5.41) is 0.438. The molecule has 0 aliphatic carbocycles. The molecule has 2 aromatic carbocycles. The fourth-order valence-corrected chi connectivity index (χ4v) is 3.43. The van der Waals surface area contributed by atoms with Gasteiger partial charge in [-0.2, -0.15) is 0 Å². The number of hydrogen-bond donors (Lipinski definition) is 1. The number of benzene rings is 2. The highest BCUT2D eigenvalue weighted by molar-refractivity contribution is 7.89. The minimum Gasteiger partial charge on any atom is -0.461 e. The number of nitrogens with one attached hydrogen (secondary N) is 1. The van der Waals surface area contributed by atoms with Crippen molar-refractivity contribution in [3.8, 4) is 0 Å². The van der Waals surface area contributed by atoms with E-state index in [4.69, 9.17) is 27.9 Å². The van der Waals surface area contributed by atoms with Crippen molar-refractivity contribution in [2.24, 2.45) is 0 Å². The Morgan fingerprint density at radius 2 is 1.92 bits per heavy atom. The fourth-order valence-electron chi connectivity index (χ4n) is 1.87. The maximum absolute atomic E-state index is 12.9. The molecule has 0 heterocycles. The predicted octanol–water partition coefficient (Wildman–Crippen LogP) is 3.54. The van der Waals surface area contributed by atoms with Crippen LogP contribution in [0.4, 0.5) is 4.39 Å². The smallest absolute Gasteiger partial charge is 0.307 e. The Morgan fingerprint density at radius 1 is 1.16 bits per heavy atom. The zero-order chi connectivity index (χ0) is 18.4. The molecule has 0 radical (unpaired) electrons. The third kappa shape index (κ3) is 5.97. The SMILES string of the molecule is O=C(CCNS(=O)(=O)c1cccc(Cl)c1)OCc1ccc(F)cc1Cl. The number of rotatable bonds is 7. The van der Waals surface area contributed by atoms with Crippen molar-refractivity contribution in [1.29, 1.82) is 0 Å². The number of halogens is 3. The van der Waals surface area contributed by atoms with E-state index in [1.165, 1.54) is 30.3 Å². The van der Waals surface area contributed by atoms with Crippen LogP contribution in [-0.4, -0.2) is 20.9 Å². The Hall–Kier alpha value is -1.67. The number of sulfonamides is 1. The third-order valence-corrected chi connectivity index (χ3v) is 5.18. The first-order chi connectivity index (χ1) is 11.8. The van der Waals surface area contributed by atoms with Gasteiger partial charge in [0.05, 0.1) is 16.3 Å². The highest BCUT2D eigenvalue weighted by Crippen LogP contribution is 2.18. The molecule has 0 spiro atoms. The minimum atomic E-state index is -3.76. The van der Waals surface area contributed by atoms with Gasteiger partial charge < -0.3 is 4.74 Å². The molecule has 0 bridgehead atoms. The van der Waals surface area contributed by atoms with Gasteiger partial charge >= 0.3 is 5.97 Å². The molecular formula is C16H14Cl2FNO4S. The van der Waals surface area contributed by atoms with Crippen LogP contribution < -0.4 is 4.72 Å². The molecule has 0 amide bonds. The Morgan fingerprint density at radius 3 is 2.60 bits per heavy atom. The van der Waals surface area contributed by atoms with Crippen molar-refractivity contribution in [1.82, 2.24) is 4.72 Å². The lowest BCUT2D eigenvalue weighted by atomic mass is 10.2. The molecule has 0 atom stereocenters. The highest BCUT2D eigenvalue weighted by Gasteiger charge is 2.15. The van der Waals surface area contributed by atoms with E-state index in [0.717, 1.165) is 6.07 Å². The van der Waals surface area contributed by atoms with Gasteiger partial charge in [-0.1, -0.05) is 35.3 Å². The van der Waals surface area contributed by atoms with E-state index < -0.39 is 21.8 Å². The van der Waals surface area contributed by atoms with E-state index in [2.05, 4.69) is 4.72 Å². The zero-order valence-electron chi connectivity index (χ0n) is 12.8. The van der Waals surface area contributed by atoms with Crippen LogP contribution in [-0.2, 0) is 26.2 Å². The van der Waals surface area contributed by atoms with Crippen molar-refractivity contribution in [2.75, 3.05) is 6.54 Å². The molecule has 9 heteroatoms. The second kappa shape index (κ2) is 8.62. The molecule has 0 saturated carbocycles. The summed E-state index contributed by atoms with van der Waals surface area (Å²) in [5.41, 5.74) is 0.455. The highest BCUT2D eigenvalue weighted by atomic mass is 35.5. The van der Waals surface area contributed by atoms with Gasteiger partial charge in [-0.3, -0.25) is 4.79 Å². The lowest BCUT2D eigenvalue weighted by Gasteiger charge is -2.08. The standard InChI is InChI=1S/C16H14Cl2FNO4S/c17-12-2-1-3-14(8-12)25(22,23)20-7-6-16(21)24-10-11-4-5-13(19)9-15(11)18/h1-5,8-9,20H,6-7,10H2. The van der Waals surface area contributed by atoms with Gasteiger partial charge in [0.15, 0.2) is 0 Å². The number of hydrogen-bond acceptors (Lipinski definition) is 4. The molecule has 0 aromatic heterocycles. The monoisotopic (exact) mass is 405 g/mol. The summed E-state index contributed by atoms with van der Waals surface area (Å²) >= 11 is 11.6. The summed E-state index contributed by atoms with van der Waals surface area (Å²) in [6, 6.07) is 9.49. The molecule has 0 saturated heterocycles. The largest absolute Gasteiger partial charge is 0.461 e. The van der Waals surface area contributed by atoms with Crippen molar-refractivity contribution < 1.29 is 22.3 Å². The molecule has 0 unspecified atom stereocenters. The van der Waals surface area contributed by atoms with Crippen molar-refractivity contribution in [3.05, 3.63) is 63.9 Å². The van der Waals surface area contributed by atoms with Gasteiger partial charge in [0.1, 0.15) is 12.4 Å². The average molecular weight is 406 g/mol. The molecule has 2 rings (SSSR count). The predicted molar refractivity (Wildman–Crippen MR) is 92.5 cm³/mol. The third-order valence-electron chi connectivity index (χ3n) is 3.13. The van der Waals surface area contributed by atoms with Gasteiger partial charge in [-0.25, -0.2) is 17.5 Å². The molecule has 0 fully saturated rings. The molecular weight excluding hydrogens is 392 g/mol. The van der Waals surface area contributed by atoms with Crippen LogP contribution >= 0.6 is 23.2 Å². The number of esters is 1. The fraction of sp³-hybridized carbons (Fsp3) is 0.188. The van der Waals surface area contributed by atoms with E-state index in [1.807, 2.05) is 0 Å². The van der Waals surface area contributed by atoms with E-state index >= 15 is 0 Å². The quantitative estimate of drug-likeness (QED) is 0.714. The van der Waals surface area contributed by atoms with Gasteiger partial charge in [0, 0.05) is 17.1 Å². The van der Waals surface area contributed by atoms with Crippen LogP contribution in [0.3, 0.4) is 0 Å². The minimum absolute atomic E-state index is 0.00598. The normalized spacial score (nSPS) is 11.3. The maximum Gasteiger partial charge on any atom is 0.307 e. The lowest BCUT2D eigenvalue weighted by Crippen LogP contribution is -2.26. The van der Waals surface area contributed by atoms with Crippen LogP contribution in [0.1, 0.15) is 12.0 Å². The first-order valence-electron chi connectivity index (χ1n) is 7.13. The maximum atomic E-state index is 12.9. The number of carbonyl (C=O) groups excluding carboxylic acids is 1. The Kier molecular flexibility index (Phi) is 6.78. The molecule has 134 valence electrons. The molecule has 0 aliphatic rings. The van der Waals surface area contributed by atoms with E-state index in [-0.39, 0.29) is 29.5 Å². The van der Waals surface area contributed by atoms with E-state index in [1.54, 1.807) is 6.07 Å². The molecule has 0 aliphatic heterocycles. The first kappa shape index (κ1) is 19.7. The number of ether oxygens (including phenoxy) is 1. The van der Waals surface area contributed by atoms with Gasteiger partial charge in [0.25, 0.3) is 0 Å². The molecule has 1 N–H and O–H groups in total. The second-order valence-electron chi connectivity index (χ2n) is 5.00. The molecule has 5 nitrogen and oxygen atoms in total. The van der Waals surface area contributed by atoms with Crippen molar-refractivity contribution in [3.63, 3.8) is 0 Å². The summed E-state index contributed by atoms with van der Waals surface area (Å²) in [5.74, 6) is -1.11. The molecule has 2 aromatic rings. The zero-order valence-corrected chi connectivity index (χ0v) is 15.2. The summed E-state index contributed by atoms with van der Waals surface area (Å²) in [4.78, 5) is 11.7. The first-order valence-corrected chi connectivity index (χ1v) is 9.36. The van der Waals surface area contributed by atoms with E-state index in [0.29, 0.717) is 10.6 Å². The topological polar surface area (TPSA) is 72.5 Å². The Labute approximate surface area is 154 Å². The van der Waals surface area contributed by atoms with Crippen LogP contribution in [0.25, 0.3) is 0 Å².